The number of pyridine rings is 1. The molecule has 3 rings (SSSR count). The Hall–Kier alpha value is -1.13. The summed E-state index contributed by atoms with van der Waals surface area (Å²) in [6, 6.07) is 4.05. The van der Waals surface area contributed by atoms with Crippen molar-refractivity contribution in [2.24, 2.45) is 5.92 Å². The lowest BCUT2D eigenvalue weighted by molar-refractivity contribution is 0.0652. The van der Waals surface area contributed by atoms with Crippen LogP contribution in [0.4, 0.5) is 0 Å². The van der Waals surface area contributed by atoms with Crippen LogP contribution in [-0.4, -0.2) is 24.7 Å². The monoisotopic (exact) mass is 262 g/mol. The molecule has 0 amide bonds. The predicted octanol–water partition coefficient (Wildman–Crippen LogP) is 1.77. The molecule has 0 bridgehead atoms. The molecule has 1 unspecified atom stereocenters. The number of hydrogen-bond donors (Lipinski definition) is 2. The first-order valence-corrected chi connectivity index (χ1v) is 7.36. The fraction of sp³-hybridized carbons (Fsp3) is 0.667. The number of aryl methyl sites for hydroxylation is 1. The van der Waals surface area contributed by atoms with Gasteiger partial charge in [-0.3, -0.25) is 4.79 Å². The molecule has 0 aromatic carbocycles. The average Bonchev–Trinajstić information content (AvgIpc) is 2.45. The fourth-order valence-electron chi connectivity index (χ4n) is 3.17. The highest BCUT2D eigenvalue weighted by Crippen LogP contribution is 2.28. The van der Waals surface area contributed by atoms with Crippen molar-refractivity contribution in [3.8, 4) is 0 Å². The first-order chi connectivity index (χ1) is 9.33. The second-order valence-electron chi connectivity index (χ2n) is 5.67. The number of nitrogens with one attached hydrogen (secondary N) is 2. The van der Waals surface area contributed by atoms with Crippen molar-refractivity contribution >= 4 is 0 Å². The van der Waals surface area contributed by atoms with E-state index in [-0.39, 0.29) is 5.56 Å². The van der Waals surface area contributed by atoms with Crippen LogP contribution in [0.15, 0.2) is 16.9 Å². The quantitative estimate of drug-likeness (QED) is 0.873. The second kappa shape index (κ2) is 5.88. The van der Waals surface area contributed by atoms with E-state index in [0.717, 1.165) is 57.1 Å². The molecule has 0 saturated carbocycles. The Labute approximate surface area is 113 Å². The summed E-state index contributed by atoms with van der Waals surface area (Å²) in [5.41, 5.74) is 2.44. The van der Waals surface area contributed by atoms with Crippen molar-refractivity contribution in [3.05, 3.63) is 33.7 Å². The molecule has 0 spiro atoms. The summed E-state index contributed by atoms with van der Waals surface area (Å²) in [6.45, 7) is 2.87. The van der Waals surface area contributed by atoms with Crippen LogP contribution in [0.25, 0.3) is 0 Å². The van der Waals surface area contributed by atoms with Crippen LogP contribution in [0.5, 0.6) is 0 Å². The minimum atomic E-state index is 0.0174. The van der Waals surface area contributed by atoms with E-state index in [1.807, 2.05) is 6.07 Å². The van der Waals surface area contributed by atoms with E-state index in [1.165, 1.54) is 12.0 Å². The third-order valence-electron chi connectivity index (χ3n) is 4.33. The molecule has 0 radical (unpaired) electrons. The SMILES string of the molecule is O=c1ccc2c([nH]1)CCCC2NCC1CCOCC1. The van der Waals surface area contributed by atoms with Gasteiger partial charge in [0.25, 0.3) is 0 Å². The summed E-state index contributed by atoms with van der Waals surface area (Å²) in [5.74, 6) is 0.738. The van der Waals surface area contributed by atoms with E-state index in [9.17, 15) is 4.79 Å². The van der Waals surface area contributed by atoms with Crippen molar-refractivity contribution in [3.63, 3.8) is 0 Å². The van der Waals surface area contributed by atoms with E-state index >= 15 is 0 Å². The molecule has 2 heterocycles. The van der Waals surface area contributed by atoms with Crippen molar-refractivity contribution in [1.82, 2.24) is 10.3 Å². The molecule has 1 aromatic rings. The topological polar surface area (TPSA) is 54.1 Å². The number of fused-ring (bicyclic) bond motifs is 1. The maximum absolute atomic E-state index is 11.4. The molecule has 4 nitrogen and oxygen atoms in total. The van der Waals surface area contributed by atoms with Crippen molar-refractivity contribution in [2.75, 3.05) is 19.8 Å². The maximum atomic E-state index is 11.4. The third kappa shape index (κ3) is 3.07. The van der Waals surface area contributed by atoms with Crippen LogP contribution in [0.3, 0.4) is 0 Å². The highest BCUT2D eigenvalue weighted by Gasteiger charge is 2.22. The van der Waals surface area contributed by atoms with E-state index in [0.29, 0.717) is 6.04 Å². The minimum Gasteiger partial charge on any atom is -0.381 e. The Morgan fingerprint density at radius 2 is 2.11 bits per heavy atom. The van der Waals surface area contributed by atoms with Gasteiger partial charge in [0.2, 0.25) is 5.56 Å². The number of aromatic nitrogens is 1. The van der Waals surface area contributed by atoms with Crippen molar-refractivity contribution < 1.29 is 4.74 Å². The first-order valence-electron chi connectivity index (χ1n) is 7.36. The van der Waals surface area contributed by atoms with Gasteiger partial charge in [0, 0.05) is 31.0 Å². The van der Waals surface area contributed by atoms with Gasteiger partial charge in [-0.2, -0.15) is 0 Å². The lowest BCUT2D eigenvalue weighted by Gasteiger charge is -2.29. The summed E-state index contributed by atoms with van der Waals surface area (Å²) in [4.78, 5) is 14.3. The highest BCUT2D eigenvalue weighted by atomic mass is 16.5. The normalized spacial score (nSPS) is 24.1. The Balaban J connectivity index is 1.64. The van der Waals surface area contributed by atoms with Crippen LogP contribution in [0.2, 0.25) is 0 Å². The highest BCUT2D eigenvalue weighted by molar-refractivity contribution is 5.26. The number of ether oxygens (including phenoxy) is 1. The van der Waals surface area contributed by atoms with Gasteiger partial charge in [0.1, 0.15) is 0 Å². The van der Waals surface area contributed by atoms with E-state index in [4.69, 9.17) is 4.74 Å². The van der Waals surface area contributed by atoms with Crippen LogP contribution >= 0.6 is 0 Å². The molecule has 1 aromatic heterocycles. The first kappa shape index (κ1) is 12.9. The predicted molar refractivity (Wildman–Crippen MR) is 74.3 cm³/mol. The molecular formula is C15H22N2O2. The minimum absolute atomic E-state index is 0.0174. The molecule has 1 saturated heterocycles. The Morgan fingerprint density at radius 1 is 1.26 bits per heavy atom. The summed E-state index contributed by atoms with van der Waals surface area (Å²) in [5, 5.41) is 3.69. The number of aromatic amines is 1. The molecular weight excluding hydrogens is 240 g/mol. The molecule has 2 N–H and O–H groups in total. The molecule has 4 heteroatoms. The second-order valence-corrected chi connectivity index (χ2v) is 5.67. The van der Waals surface area contributed by atoms with Crippen LogP contribution < -0.4 is 10.9 Å². The standard InChI is InChI=1S/C15H22N2O2/c18-15-5-4-12-13(2-1-3-14(12)17-15)16-10-11-6-8-19-9-7-11/h4-5,11,13,16H,1-3,6-10H2,(H,17,18). The average molecular weight is 262 g/mol. The van der Waals surface area contributed by atoms with E-state index in [1.54, 1.807) is 6.07 Å². The van der Waals surface area contributed by atoms with Crippen LogP contribution in [-0.2, 0) is 11.2 Å². The summed E-state index contributed by atoms with van der Waals surface area (Å²) >= 11 is 0. The maximum Gasteiger partial charge on any atom is 0.248 e. The zero-order chi connectivity index (χ0) is 13.1. The van der Waals surface area contributed by atoms with Crippen molar-refractivity contribution in [2.45, 2.75) is 38.1 Å². The lowest BCUT2D eigenvalue weighted by atomic mass is 9.90. The molecule has 19 heavy (non-hydrogen) atoms. The Bertz CT molecular complexity index is 477. The van der Waals surface area contributed by atoms with Gasteiger partial charge in [0.15, 0.2) is 0 Å². The van der Waals surface area contributed by atoms with Crippen LogP contribution in [0, 0.1) is 5.92 Å². The fourth-order valence-corrected chi connectivity index (χ4v) is 3.17. The van der Waals surface area contributed by atoms with Gasteiger partial charge in [-0.1, -0.05) is 6.07 Å². The van der Waals surface area contributed by atoms with E-state index in [2.05, 4.69) is 10.3 Å². The zero-order valence-corrected chi connectivity index (χ0v) is 11.3. The van der Waals surface area contributed by atoms with Crippen molar-refractivity contribution in [1.29, 1.82) is 0 Å². The van der Waals surface area contributed by atoms with Gasteiger partial charge in [-0.25, -0.2) is 0 Å². The largest absolute Gasteiger partial charge is 0.381 e. The lowest BCUT2D eigenvalue weighted by Crippen LogP contribution is -2.33. The van der Waals surface area contributed by atoms with Gasteiger partial charge < -0.3 is 15.0 Å². The van der Waals surface area contributed by atoms with E-state index < -0.39 is 0 Å². The third-order valence-corrected chi connectivity index (χ3v) is 4.33. The van der Waals surface area contributed by atoms with Crippen LogP contribution in [0.1, 0.15) is 43.0 Å². The molecule has 1 aliphatic carbocycles. The summed E-state index contributed by atoms with van der Waals surface area (Å²) in [7, 11) is 0. The van der Waals surface area contributed by atoms with Gasteiger partial charge in [0.05, 0.1) is 0 Å². The molecule has 1 atom stereocenters. The van der Waals surface area contributed by atoms with Gasteiger partial charge in [-0.05, 0) is 50.1 Å². The Morgan fingerprint density at radius 3 is 2.95 bits per heavy atom. The summed E-state index contributed by atoms with van der Waals surface area (Å²) < 4.78 is 5.39. The molecule has 2 aliphatic rings. The number of rotatable bonds is 3. The molecule has 104 valence electrons. The zero-order valence-electron chi connectivity index (χ0n) is 11.3. The number of H-pyrrole nitrogens is 1. The Kier molecular flexibility index (Phi) is 3.99. The summed E-state index contributed by atoms with van der Waals surface area (Å²) in [6.07, 6.45) is 5.65. The molecule has 1 aliphatic heterocycles. The number of hydrogen-bond acceptors (Lipinski definition) is 3. The molecule has 1 fully saturated rings. The van der Waals surface area contributed by atoms with Gasteiger partial charge in [-0.15, -0.1) is 0 Å². The smallest absolute Gasteiger partial charge is 0.248 e. The van der Waals surface area contributed by atoms with Gasteiger partial charge >= 0.3 is 0 Å².